The molecule has 2 amide bonds. The Morgan fingerprint density at radius 1 is 1.04 bits per heavy atom. The molecular weight excluding hydrogens is 306 g/mol. The van der Waals surface area contributed by atoms with E-state index in [4.69, 9.17) is 22.3 Å². The highest BCUT2D eigenvalue weighted by Crippen LogP contribution is 2.01. The Kier molecular flexibility index (Phi) is 10.1. The van der Waals surface area contributed by atoms with E-state index in [0.717, 1.165) is 0 Å². The molecule has 0 saturated carbocycles. The molecule has 4 atom stereocenters. The van der Waals surface area contributed by atoms with E-state index in [-0.39, 0.29) is 25.9 Å². The number of carbonyl (C=O) groups excluding carboxylic acids is 2. The fourth-order valence-electron chi connectivity index (χ4n) is 1.82. The van der Waals surface area contributed by atoms with E-state index >= 15 is 0 Å². The van der Waals surface area contributed by atoms with E-state index in [9.17, 15) is 19.5 Å². The molecule has 10 N–H and O–H groups in total. The summed E-state index contributed by atoms with van der Waals surface area (Å²) in [6.07, 6.45) is -0.462. The van der Waals surface area contributed by atoms with Crippen molar-refractivity contribution in [2.24, 2.45) is 17.2 Å². The Bertz CT molecular complexity index is 404. The molecule has 0 radical (unpaired) electrons. The van der Waals surface area contributed by atoms with Gasteiger partial charge < -0.3 is 38.0 Å². The average Bonchev–Trinajstić information content (AvgIpc) is 2.47. The van der Waals surface area contributed by atoms with Crippen LogP contribution in [0.4, 0.5) is 0 Å². The number of amides is 2. The topological polar surface area (TPSA) is 194 Å². The quantitative estimate of drug-likeness (QED) is 0.206. The molecule has 0 spiro atoms. The van der Waals surface area contributed by atoms with Crippen molar-refractivity contribution in [3.63, 3.8) is 0 Å². The van der Waals surface area contributed by atoms with Gasteiger partial charge in [-0.05, 0) is 39.3 Å². The number of aliphatic carboxylic acids is 1. The zero-order valence-electron chi connectivity index (χ0n) is 13.2. The maximum atomic E-state index is 12.1. The lowest BCUT2D eigenvalue weighted by Gasteiger charge is -2.24. The molecule has 0 rings (SSSR count). The molecule has 0 aromatic carbocycles. The van der Waals surface area contributed by atoms with Gasteiger partial charge in [-0.25, -0.2) is 4.79 Å². The SMILES string of the molecule is C[C@@H](O)[C@H](NC(=O)[C@@H](N)CCN)C(=O)N[C@H](CCCN)C(=O)O. The molecular formula is C13H27N5O5. The molecule has 0 aliphatic carbocycles. The second-order valence-electron chi connectivity index (χ2n) is 5.24. The van der Waals surface area contributed by atoms with Crippen LogP contribution in [0.15, 0.2) is 0 Å². The first-order valence-corrected chi connectivity index (χ1v) is 7.41. The Labute approximate surface area is 134 Å². The van der Waals surface area contributed by atoms with Crippen LogP contribution in [0.2, 0.25) is 0 Å². The third-order valence-corrected chi connectivity index (χ3v) is 3.19. The first-order valence-electron chi connectivity index (χ1n) is 7.41. The number of rotatable bonds is 11. The molecule has 0 aliphatic heterocycles. The van der Waals surface area contributed by atoms with E-state index < -0.39 is 42.0 Å². The minimum absolute atomic E-state index is 0.144. The van der Waals surface area contributed by atoms with Gasteiger partial charge in [0.1, 0.15) is 12.1 Å². The third kappa shape index (κ3) is 7.88. The molecule has 0 aromatic heterocycles. The van der Waals surface area contributed by atoms with Gasteiger partial charge in [0.15, 0.2) is 0 Å². The van der Waals surface area contributed by atoms with Crippen LogP contribution in [-0.2, 0) is 14.4 Å². The fraction of sp³-hybridized carbons (Fsp3) is 0.769. The number of nitrogens with two attached hydrogens (primary N) is 3. The van der Waals surface area contributed by atoms with Crippen LogP contribution in [0, 0.1) is 0 Å². The lowest BCUT2D eigenvalue weighted by molar-refractivity contribution is -0.143. The monoisotopic (exact) mass is 333 g/mol. The van der Waals surface area contributed by atoms with E-state index in [1.165, 1.54) is 6.92 Å². The van der Waals surface area contributed by atoms with Gasteiger partial charge in [-0.2, -0.15) is 0 Å². The Hall–Kier alpha value is -1.75. The van der Waals surface area contributed by atoms with Crippen molar-refractivity contribution < 1.29 is 24.6 Å². The predicted molar refractivity (Wildman–Crippen MR) is 83.1 cm³/mol. The first kappa shape index (κ1) is 21.2. The fourth-order valence-corrected chi connectivity index (χ4v) is 1.82. The van der Waals surface area contributed by atoms with Crippen molar-refractivity contribution in [2.45, 2.75) is 50.4 Å². The van der Waals surface area contributed by atoms with Gasteiger partial charge in [-0.15, -0.1) is 0 Å². The molecule has 0 bridgehead atoms. The zero-order chi connectivity index (χ0) is 18.0. The highest BCUT2D eigenvalue weighted by atomic mass is 16.4. The van der Waals surface area contributed by atoms with Crippen LogP contribution in [0.5, 0.6) is 0 Å². The summed E-state index contributed by atoms with van der Waals surface area (Å²) in [7, 11) is 0. The molecule has 0 saturated heterocycles. The van der Waals surface area contributed by atoms with Gasteiger partial charge in [0.25, 0.3) is 0 Å². The van der Waals surface area contributed by atoms with E-state index in [1.807, 2.05) is 0 Å². The highest BCUT2D eigenvalue weighted by molar-refractivity contribution is 5.92. The van der Waals surface area contributed by atoms with Crippen LogP contribution >= 0.6 is 0 Å². The molecule has 0 aliphatic rings. The number of carbonyl (C=O) groups is 3. The second-order valence-corrected chi connectivity index (χ2v) is 5.24. The maximum absolute atomic E-state index is 12.1. The van der Waals surface area contributed by atoms with Gasteiger partial charge in [-0.3, -0.25) is 9.59 Å². The highest BCUT2D eigenvalue weighted by Gasteiger charge is 2.30. The summed E-state index contributed by atoms with van der Waals surface area (Å²) < 4.78 is 0. The number of nitrogens with one attached hydrogen (secondary N) is 2. The molecule has 0 heterocycles. The summed E-state index contributed by atoms with van der Waals surface area (Å²) in [6.45, 7) is 1.78. The van der Waals surface area contributed by atoms with Crippen molar-refractivity contribution in [2.75, 3.05) is 13.1 Å². The van der Waals surface area contributed by atoms with E-state index in [0.29, 0.717) is 6.42 Å². The number of carboxylic acid groups (broad SMARTS) is 1. The number of aliphatic hydroxyl groups excluding tert-OH is 1. The number of carboxylic acids is 1. The summed E-state index contributed by atoms with van der Waals surface area (Å²) >= 11 is 0. The number of aliphatic hydroxyl groups is 1. The molecule has 10 heteroatoms. The standard InChI is InChI=1S/C13H27N5O5/c1-7(19)10(18-11(20)8(16)4-6-15)12(21)17-9(13(22)23)3-2-5-14/h7-10,19H,2-6,14-16H2,1H3,(H,17,21)(H,18,20)(H,22,23)/t7-,8+,9-,10+/m1/s1. The van der Waals surface area contributed by atoms with Crippen LogP contribution in [0.25, 0.3) is 0 Å². The van der Waals surface area contributed by atoms with Crippen molar-refractivity contribution in [3.8, 4) is 0 Å². The van der Waals surface area contributed by atoms with Gasteiger partial charge >= 0.3 is 5.97 Å². The smallest absolute Gasteiger partial charge is 0.326 e. The van der Waals surface area contributed by atoms with Gasteiger partial charge in [0.2, 0.25) is 11.8 Å². The Morgan fingerprint density at radius 3 is 2.09 bits per heavy atom. The summed E-state index contributed by atoms with van der Waals surface area (Å²) in [5.41, 5.74) is 16.2. The van der Waals surface area contributed by atoms with Crippen LogP contribution in [0.1, 0.15) is 26.2 Å². The summed E-state index contributed by atoms with van der Waals surface area (Å²) in [4.78, 5) is 35.1. The molecule has 134 valence electrons. The lowest BCUT2D eigenvalue weighted by atomic mass is 10.1. The minimum atomic E-state index is -1.31. The molecule has 10 nitrogen and oxygen atoms in total. The largest absolute Gasteiger partial charge is 0.480 e. The van der Waals surface area contributed by atoms with E-state index in [1.54, 1.807) is 0 Å². The third-order valence-electron chi connectivity index (χ3n) is 3.19. The average molecular weight is 333 g/mol. The molecule has 0 unspecified atom stereocenters. The van der Waals surface area contributed by atoms with Crippen molar-refractivity contribution in [3.05, 3.63) is 0 Å². The minimum Gasteiger partial charge on any atom is -0.480 e. The Morgan fingerprint density at radius 2 is 1.65 bits per heavy atom. The van der Waals surface area contributed by atoms with Gasteiger partial charge in [-0.1, -0.05) is 0 Å². The van der Waals surface area contributed by atoms with Crippen molar-refractivity contribution >= 4 is 17.8 Å². The molecule has 0 aromatic rings. The summed E-state index contributed by atoms with van der Waals surface area (Å²) in [5.74, 6) is -2.68. The van der Waals surface area contributed by atoms with Crippen LogP contribution in [0.3, 0.4) is 0 Å². The summed E-state index contributed by atoms with van der Waals surface area (Å²) in [6, 6.07) is -3.38. The van der Waals surface area contributed by atoms with Gasteiger partial charge in [0, 0.05) is 0 Å². The van der Waals surface area contributed by atoms with Crippen LogP contribution in [-0.4, -0.2) is 65.3 Å². The van der Waals surface area contributed by atoms with E-state index in [2.05, 4.69) is 10.6 Å². The molecule has 0 fully saturated rings. The number of hydrogen-bond donors (Lipinski definition) is 7. The zero-order valence-corrected chi connectivity index (χ0v) is 13.2. The van der Waals surface area contributed by atoms with Gasteiger partial charge in [0.05, 0.1) is 12.1 Å². The maximum Gasteiger partial charge on any atom is 0.326 e. The van der Waals surface area contributed by atoms with Crippen molar-refractivity contribution in [1.82, 2.24) is 10.6 Å². The lowest BCUT2D eigenvalue weighted by Crippen LogP contribution is -2.58. The Balaban J connectivity index is 4.84. The second kappa shape index (κ2) is 10.9. The van der Waals surface area contributed by atoms with Crippen LogP contribution < -0.4 is 27.8 Å². The molecule has 23 heavy (non-hydrogen) atoms. The first-order chi connectivity index (χ1) is 10.7. The normalized spacial score (nSPS) is 16.0. The summed E-state index contributed by atoms with van der Waals surface area (Å²) in [5, 5.41) is 23.3. The number of hydrogen-bond acceptors (Lipinski definition) is 7. The predicted octanol–water partition coefficient (Wildman–Crippen LogP) is -3.16. The van der Waals surface area contributed by atoms with Crippen molar-refractivity contribution in [1.29, 1.82) is 0 Å².